The second-order valence-electron chi connectivity index (χ2n) is 6.01. The molecule has 0 radical (unpaired) electrons. The Morgan fingerprint density at radius 3 is 2.74 bits per heavy atom. The molecule has 2 heterocycles. The number of nitrogens with one attached hydrogen (secondary N) is 1. The zero-order valence-corrected chi connectivity index (χ0v) is 13.2. The molecule has 0 bridgehead atoms. The van der Waals surface area contributed by atoms with Crippen molar-refractivity contribution in [1.82, 2.24) is 10.3 Å². The quantitative estimate of drug-likeness (QED) is 0.943. The fraction of sp³-hybridized carbons (Fsp3) is 0.333. The van der Waals surface area contributed by atoms with Gasteiger partial charge >= 0.3 is 0 Å². The normalized spacial score (nSPS) is 22.4. The lowest BCUT2D eigenvalue weighted by Crippen LogP contribution is -2.40. The lowest BCUT2D eigenvalue weighted by molar-refractivity contribution is -0.119. The maximum atomic E-state index is 13.3. The van der Waals surface area contributed by atoms with Gasteiger partial charge in [-0.15, -0.1) is 0 Å². The Kier molecular flexibility index (Phi) is 4.39. The summed E-state index contributed by atoms with van der Waals surface area (Å²) in [4.78, 5) is 18.4. The highest BCUT2D eigenvalue weighted by molar-refractivity contribution is 6.00. The first-order valence-electron chi connectivity index (χ1n) is 7.81. The smallest absolute Gasteiger partial charge is 0.244 e. The maximum Gasteiger partial charge on any atom is 0.244 e. The molecule has 1 aliphatic rings. The van der Waals surface area contributed by atoms with Crippen LogP contribution in [0.5, 0.6) is 0 Å². The number of rotatable bonds is 4. The number of benzene rings is 1. The van der Waals surface area contributed by atoms with Gasteiger partial charge in [-0.25, -0.2) is 4.39 Å². The zero-order chi connectivity index (χ0) is 16.4. The Labute approximate surface area is 135 Å². The van der Waals surface area contributed by atoms with E-state index in [1.54, 1.807) is 6.20 Å². The van der Waals surface area contributed by atoms with Crippen molar-refractivity contribution in [2.45, 2.75) is 38.4 Å². The molecular weight excluding hydrogens is 293 g/mol. The number of anilines is 1. The van der Waals surface area contributed by atoms with E-state index in [1.165, 1.54) is 12.3 Å². The van der Waals surface area contributed by atoms with Crippen LogP contribution in [-0.2, 0) is 4.79 Å². The Bertz CT molecular complexity index is 692. The summed E-state index contributed by atoms with van der Waals surface area (Å²) in [6.07, 6.45) is 3.52. The van der Waals surface area contributed by atoms with Crippen molar-refractivity contribution in [1.29, 1.82) is 0 Å². The van der Waals surface area contributed by atoms with Crippen LogP contribution in [0.25, 0.3) is 0 Å². The number of nitrogens with zero attached hydrogens (tertiary/aromatic N) is 2. The Morgan fingerprint density at radius 1 is 1.30 bits per heavy atom. The molecule has 4 nitrogen and oxygen atoms in total. The molecule has 2 aromatic rings. The summed E-state index contributed by atoms with van der Waals surface area (Å²) in [6.45, 7) is 3.96. The molecule has 1 amide bonds. The van der Waals surface area contributed by atoms with Crippen LogP contribution in [0.1, 0.15) is 31.9 Å². The number of halogens is 1. The highest BCUT2D eigenvalue weighted by Crippen LogP contribution is 2.27. The van der Waals surface area contributed by atoms with Crippen LogP contribution in [0.4, 0.5) is 10.1 Å². The van der Waals surface area contributed by atoms with Crippen LogP contribution in [0, 0.1) is 5.82 Å². The van der Waals surface area contributed by atoms with Crippen LogP contribution in [-0.4, -0.2) is 23.0 Å². The van der Waals surface area contributed by atoms with Crippen molar-refractivity contribution < 1.29 is 9.18 Å². The highest BCUT2D eigenvalue weighted by atomic mass is 19.1. The molecule has 1 N–H and O–H groups in total. The van der Waals surface area contributed by atoms with E-state index in [-0.39, 0.29) is 29.8 Å². The fourth-order valence-corrected chi connectivity index (χ4v) is 3.11. The summed E-state index contributed by atoms with van der Waals surface area (Å²) in [5.41, 5.74) is 1.65. The molecule has 1 saturated heterocycles. The third-order valence-electron chi connectivity index (χ3n) is 4.26. The van der Waals surface area contributed by atoms with Crippen LogP contribution < -0.4 is 10.2 Å². The Morgan fingerprint density at radius 2 is 2.04 bits per heavy atom. The van der Waals surface area contributed by atoms with E-state index in [0.717, 1.165) is 17.7 Å². The number of aromatic nitrogens is 1. The van der Waals surface area contributed by atoms with E-state index < -0.39 is 0 Å². The molecule has 1 aliphatic heterocycles. The summed E-state index contributed by atoms with van der Waals surface area (Å²) in [7, 11) is 0. The largest absolute Gasteiger partial charge is 0.308 e. The van der Waals surface area contributed by atoms with Gasteiger partial charge in [0.1, 0.15) is 5.82 Å². The van der Waals surface area contributed by atoms with E-state index in [2.05, 4.69) is 10.3 Å². The average molecular weight is 313 g/mol. The van der Waals surface area contributed by atoms with Crippen molar-refractivity contribution in [2.75, 3.05) is 4.90 Å². The first kappa shape index (κ1) is 15.6. The summed E-state index contributed by atoms with van der Waals surface area (Å²) >= 11 is 0. The fourth-order valence-electron chi connectivity index (χ4n) is 3.11. The van der Waals surface area contributed by atoms with E-state index in [1.807, 2.05) is 49.1 Å². The predicted molar refractivity (Wildman–Crippen MR) is 87.5 cm³/mol. The predicted octanol–water partition coefficient (Wildman–Crippen LogP) is 3.07. The maximum absolute atomic E-state index is 13.3. The van der Waals surface area contributed by atoms with Gasteiger partial charge in [-0.1, -0.05) is 18.2 Å². The SMILES string of the molecule is CC(NC1CC(C)N(c2ccccc2)C1=O)c1cncc(F)c1. The van der Waals surface area contributed by atoms with E-state index in [9.17, 15) is 9.18 Å². The molecule has 0 saturated carbocycles. The van der Waals surface area contributed by atoms with Gasteiger partial charge in [0.25, 0.3) is 0 Å². The van der Waals surface area contributed by atoms with Gasteiger partial charge in [0.05, 0.1) is 12.2 Å². The minimum absolute atomic E-state index is 0.0555. The minimum atomic E-state index is -0.367. The van der Waals surface area contributed by atoms with Crippen molar-refractivity contribution in [2.24, 2.45) is 0 Å². The second-order valence-corrected chi connectivity index (χ2v) is 6.01. The molecule has 1 aromatic carbocycles. The van der Waals surface area contributed by atoms with Crippen LogP contribution >= 0.6 is 0 Å². The molecule has 0 spiro atoms. The van der Waals surface area contributed by atoms with Gasteiger partial charge in [0.15, 0.2) is 0 Å². The highest BCUT2D eigenvalue weighted by Gasteiger charge is 2.38. The van der Waals surface area contributed by atoms with E-state index in [4.69, 9.17) is 0 Å². The topological polar surface area (TPSA) is 45.2 Å². The molecule has 1 aromatic heterocycles. The van der Waals surface area contributed by atoms with Crippen molar-refractivity contribution in [3.63, 3.8) is 0 Å². The molecule has 120 valence electrons. The van der Waals surface area contributed by atoms with Gasteiger partial charge in [-0.3, -0.25) is 15.1 Å². The minimum Gasteiger partial charge on any atom is -0.308 e. The number of hydrogen-bond acceptors (Lipinski definition) is 3. The van der Waals surface area contributed by atoms with Crippen molar-refractivity contribution in [3.8, 4) is 0 Å². The number of pyridine rings is 1. The molecule has 0 aliphatic carbocycles. The molecular formula is C18H20FN3O. The third kappa shape index (κ3) is 3.24. The van der Waals surface area contributed by atoms with E-state index in [0.29, 0.717) is 0 Å². The standard InChI is InChI=1S/C18H20FN3O/c1-12-8-17(18(23)22(12)16-6-4-3-5-7-16)21-13(2)14-9-15(19)11-20-10-14/h3-7,9-13,17,21H,8H2,1-2H3. The van der Waals surface area contributed by atoms with Crippen LogP contribution in [0.2, 0.25) is 0 Å². The van der Waals surface area contributed by atoms with Crippen molar-refractivity contribution >= 4 is 11.6 Å². The Balaban J connectivity index is 1.74. The Hall–Kier alpha value is -2.27. The first-order chi connectivity index (χ1) is 11.1. The zero-order valence-electron chi connectivity index (χ0n) is 13.2. The van der Waals surface area contributed by atoms with Crippen molar-refractivity contribution in [3.05, 3.63) is 60.2 Å². The summed E-state index contributed by atoms with van der Waals surface area (Å²) in [5.74, 6) is -0.312. The number of para-hydroxylation sites is 1. The average Bonchev–Trinajstić information content (AvgIpc) is 2.82. The molecule has 1 fully saturated rings. The number of carbonyl (C=O) groups excluding carboxylic acids is 1. The van der Waals surface area contributed by atoms with Gasteiger partial charge < -0.3 is 4.90 Å². The second kappa shape index (κ2) is 6.46. The molecule has 5 heteroatoms. The lowest BCUT2D eigenvalue weighted by atomic mass is 10.1. The van der Waals surface area contributed by atoms with Crippen LogP contribution in [0.3, 0.4) is 0 Å². The number of amides is 1. The molecule has 3 rings (SSSR count). The summed E-state index contributed by atoms with van der Waals surface area (Å²) < 4.78 is 13.3. The van der Waals surface area contributed by atoms with Crippen LogP contribution in [0.15, 0.2) is 48.8 Å². The monoisotopic (exact) mass is 313 g/mol. The third-order valence-corrected chi connectivity index (χ3v) is 4.26. The molecule has 3 unspecified atom stereocenters. The van der Waals surface area contributed by atoms with Gasteiger partial charge in [0.2, 0.25) is 5.91 Å². The van der Waals surface area contributed by atoms with Gasteiger partial charge in [-0.05, 0) is 44.0 Å². The summed E-state index contributed by atoms with van der Waals surface area (Å²) in [6, 6.07) is 10.8. The first-order valence-corrected chi connectivity index (χ1v) is 7.81. The number of carbonyl (C=O) groups is 1. The number of hydrogen-bond donors (Lipinski definition) is 1. The van der Waals surface area contributed by atoms with Gasteiger partial charge in [-0.2, -0.15) is 0 Å². The van der Waals surface area contributed by atoms with Gasteiger partial charge in [0, 0.05) is 24.0 Å². The van der Waals surface area contributed by atoms with E-state index >= 15 is 0 Å². The summed E-state index contributed by atoms with van der Waals surface area (Å²) in [5, 5.41) is 3.30. The molecule has 23 heavy (non-hydrogen) atoms. The lowest BCUT2D eigenvalue weighted by Gasteiger charge is -2.22. The molecule has 3 atom stereocenters.